The average Bonchev–Trinajstić information content (AvgIpc) is 2.66. The van der Waals surface area contributed by atoms with Crippen LogP contribution in [0.3, 0.4) is 0 Å². The van der Waals surface area contributed by atoms with E-state index in [9.17, 15) is 59.1 Å². The lowest BCUT2D eigenvalue weighted by molar-refractivity contribution is -0.419. The predicted octanol–water partition coefficient (Wildman–Crippen LogP) is -3.51. The van der Waals surface area contributed by atoms with Gasteiger partial charge in [0.2, 0.25) is 28.0 Å². The van der Waals surface area contributed by atoms with Gasteiger partial charge < -0.3 is 30.3 Å². The standard InChI is InChI=1S/C20H26O13/c1-8(21)15(28,9(2)22)19(13(6)26)17(30,11(4)24)16(29,10(3)23)18(31,12(5)25)20(32,33-19)14(7)27/h28-32H,1-7H3/t16-,17-,18+,19+,20-/m0/s1. The van der Waals surface area contributed by atoms with E-state index >= 15 is 0 Å². The number of carbonyl (C=O) groups excluding carboxylic acids is 7. The van der Waals surface area contributed by atoms with Crippen molar-refractivity contribution >= 4 is 40.5 Å². The van der Waals surface area contributed by atoms with Crippen LogP contribution in [0.1, 0.15) is 48.5 Å². The second-order valence-corrected chi connectivity index (χ2v) is 8.16. The molecular formula is C20H26O13. The molecule has 0 amide bonds. The summed E-state index contributed by atoms with van der Waals surface area (Å²) >= 11 is 0. The van der Waals surface area contributed by atoms with Crippen LogP contribution in [0.2, 0.25) is 0 Å². The Morgan fingerprint density at radius 2 is 0.879 bits per heavy atom. The van der Waals surface area contributed by atoms with Crippen LogP contribution in [0.15, 0.2) is 0 Å². The summed E-state index contributed by atoms with van der Waals surface area (Å²) in [5.41, 5.74) is -20.8. The predicted molar refractivity (Wildman–Crippen MR) is 103 cm³/mol. The molecule has 13 nitrogen and oxygen atoms in total. The molecule has 1 fully saturated rings. The van der Waals surface area contributed by atoms with Gasteiger partial charge in [0.15, 0.2) is 40.5 Å². The average molecular weight is 474 g/mol. The van der Waals surface area contributed by atoms with Crippen molar-refractivity contribution in [1.29, 1.82) is 0 Å². The Kier molecular flexibility index (Phi) is 6.69. The summed E-state index contributed by atoms with van der Waals surface area (Å²) in [6.45, 7) is 3.15. The van der Waals surface area contributed by atoms with Gasteiger partial charge in [0.25, 0.3) is 5.79 Å². The van der Waals surface area contributed by atoms with Gasteiger partial charge in [-0.05, 0) is 41.5 Å². The molecule has 1 aliphatic rings. The van der Waals surface area contributed by atoms with E-state index in [-0.39, 0.29) is 0 Å². The molecule has 0 spiro atoms. The van der Waals surface area contributed by atoms with Gasteiger partial charge in [-0.15, -0.1) is 0 Å². The zero-order valence-corrected chi connectivity index (χ0v) is 19.0. The summed E-state index contributed by atoms with van der Waals surface area (Å²) < 4.78 is 4.98. The summed E-state index contributed by atoms with van der Waals surface area (Å²) in [6.07, 6.45) is 0. The van der Waals surface area contributed by atoms with Gasteiger partial charge in [-0.1, -0.05) is 0 Å². The Labute approximate surface area is 187 Å². The number of Topliss-reactive ketones (excluding diaryl/α,β-unsaturated/α-hetero) is 7. The monoisotopic (exact) mass is 474 g/mol. The third kappa shape index (κ3) is 2.71. The molecule has 0 saturated carbocycles. The quantitative estimate of drug-likeness (QED) is 0.215. The van der Waals surface area contributed by atoms with Crippen molar-refractivity contribution in [3.63, 3.8) is 0 Å². The molecule has 184 valence electrons. The number of hydrogen-bond donors (Lipinski definition) is 5. The Bertz CT molecular complexity index is 984. The van der Waals surface area contributed by atoms with Crippen LogP contribution in [0.25, 0.3) is 0 Å². The normalized spacial score (nSPS) is 36.6. The molecule has 0 unspecified atom stereocenters. The minimum absolute atomic E-state index is 0.402. The molecule has 0 aromatic carbocycles. The van der Waals surface area contributed by atoms with Crippen LogP contribution in [-0.4, -0.2) is 99.8 Å². The highest BCUT2D eigenvalue weighted by molar-refractivity contribution is 6.20. The van der Waals surface area contributed by atoms with Crippen LogP contribution in [0.4, 0.5) is 0 Å². The molecular weight excluding hydrogens is 448 g/mol. The molecule has 1 rings (SSSR count). The first-order valence-corrected chi connectivity index (χ1v) is 9.46. The van der Waals surface area contributed by atoms with Crippen molar-refractivity contribution in [1.82, 2.24) is 0 Å². The summed E-state index contributed by atoms with van der Waals surface area (Å²) in [6, 6.07) is 0. The minimum atomic E-state index is -4.32. The number of ether oxygens (including phenoxy) is 1. The summed E-state index contributed by atoms with van der Waals surface area (Å²) in [5.74, 6) is -16.6. The Hall–Kier alpha value is -2.55. The van der Waals surface area contributed by atoms with E-state index in [4.69, 9.17) is 4.74 Å². The molecule has 0 aromatic rings. The lowest BCUT2D eigenvalue weighted by Crippen LogP contribution is -2.97. The molecule has 0 bridgehead atoms. The van der Waals surface area contributed by atoms with Crippen molar-refractivity contribution in [3.8, 4) is 0 Å². The van der Waals surface area contributed by atoms with Gasteiger partial charge in [0.05, 0.1) is 0 Å². The minimum Gasteiger partial charge on any atom is -0.376 e. The van der Waals surface area contributed by atoms with Crippen LogP contribution >= 0.6 is 0 Å². The lowest BCUT2D eigenvalue weighted by Gasteiger charge is -2.65. The highest BCUT2D eigenvalue weighted by Crippen LogP contribution is 2.58. The fraction of sp³-hybridized carbons (Fsp3) is 0.650. The first kappa shape index (κ1) is 28.5. The maximum atomic E-state index is 13.0. The van der Waals surface area contributed by atoms with E-state index in [1.165, 1.54) is 0 Å². The summed E-state index contributed by atoms with van der Waals surface area (Å²) in [4.78, 5) is 88.5. The van der Waals surface area contributed by atoms with Crippen molar-refractivity contribution in [2.45, 2.75) is 82.3 Å². The van der Waals surface area contributed by atoms with Crippen molar-refractivity contribution in [2.75, 3.05) is 0 Å². The van der Waals surface area contributed by atoms with Gasteiger partial charge in [0, 0.05) is 6.92 Å². The molecule has 5 atom stereocenters. The summed E-state index contributed by atoms with van der Waals surface area (Å²) in [5, 5.41) is 56.5. The SMILES string of the molecule is CC(=O)C(O)(C(C)=O)[C@@]1(C(C)=O)O[C@@](O)(C(C)=O)[C@@](O)(C(C)=O)[C@](O)(C(C)=O)[C@@]1(O)C(C)=O. The highest BCUT2D eigenvalue weighted by atomic mass is 16.7. The Morgan fingerprint density at radius 1 is 0.545 bits per heavy atom. The highest BCUT2D eigenvalue weighted by Gasteiger charge is 2.92. The zero-order chi connectivity index (χ0) is 26.7. The van der Waals surface area contributed by atoms with Crippen molar-refractivity contribution < 1.29 is 63.8 Å². The van der Waals surface area contributed by atoms with E-state index in [1.54, 1.807) is 0 Å². The van der Waals surface area contributed by atoms with E-state index in [0.717, 1.165) is 0 Å². The smallest absolute Gasteiger partial charge is 0.268 e. The van der Waals surface area contributed by atoms with Crippen molar-refractivity contribution in [2.24, 2.45) is 0 Å². The van der Waals surface area contributed by atoms with Gasteiger partial charge in [-0.25, -0.2) is 0 Å². The van der Waals surface area contributed by atoms with E-state index in [0.29, 0.717) is 48.5 Å². The molecule has 5 N–H and O–H groups in total. The topological polar surface area (TPSA) is 230 Å². The van der Waals surface area contributed by atoms with E-state index in [2.05, 4.69) is 0 Å². The number of hydrogen-bond acceptors (Lipinski definition) is 13. The maximum Gasteiger partial charge on any atom is 0.268 e. The van der Waals surface area contributed by atoms with Crippen molar-refractivity contribution in [3.05, 3.63) is 0 Å². The zero-order valence-electron chi connectivity index (χ0n) is 19.0. The Morgan fingerprint density at radius 3 is 1.09 bits per heavy atom. The first-order valence-electron chi connectivity index (χ1n) is 9.46. The number of rotatable bonds is 8. The van der Waals surface area contributed by atoms with E-state index in [1.807, 2.05) is 0 Å². The molecule has 0 radical (unpaired) electrons. The molecule has 1 heterocycles. The summed E-state index contributed by atoms with van der Waals surface area (Å²) in [7, 11) is 0. The van der Waals surface area contributed by atoms with Crippen LogP contribution in [0.5, 0.6) is 0 Å². The lowest BCUT2D eigenvalue weighted by atomic mass is 9.49. The number of carbonyl (C=O) groups is 7. The fourth-order valence-corrected chi connectivity index (χ4v) is 4.62. The maximum absolute atomic E-state index is 13.0. The third-order valence-electron chi connectivity index (χ3n) is 6.38. The van der Waals surface area contributed by atoms with Crippen LogP contribution < -0.4 is 0 Å². The molecule has 1 aliphatic heterocycles. The molecule has 0 aliphatic carbocycles. The van der Waals surface area contributed by atoms with Gasteiger partial charge >= 0.3 is 0 Å². The van der Waals surface area contributed by atoms with Gasteiger partial charge in [-0.2, -0.15) is 0 Å². The second-order valence-electron chi connectivity index (χ2n) is 8.16. The second kappa shape index (κ2) is 7.75. The van der Waals surface area contributed by atoms with Gasteiger partial charge in [0.1, 0.15) is 0 Å². The number of ketones is 7. The first-order chi connectivity index (χ1) is 14.6. The molecule has 33 heavy (non-hydrogen) atoms. The van der Waals surface area contributed by atoms with Crippen LogP contribution in [-0.2, 0) is 38.3 Å². The largest absolute Gasteiger partial charge is 0.376 e. The van der Waals surface area contributed by atoms with Gasteiger partial charge in [-0.3, -0.25) is 33.6 Å². The number of aliphatic hydroxyl groups is 5. The molecule has 13 heteroatoms. The molecule has 1 saturated heterocycles. The third-order valence-corrected chi connectivity index (χ3v) is 6.38. The fourth-order valence-electron chi connectivity index (χ4n) is 4.62. The van der Waals surface area contributed by atoms with Crippen LogP contribution in [0, 0.1) is 0 Å². The van der Waals surface area contributed by atoms with E-state index < -0.39 is 74.3 Å². The molecule has 0 aromatic heterocycles. The Balaban J connectivity index is 4.77.